The minimum atomic E-state index is 0.902. The first-order valence-corrected chi connectivity index (χ1v) is 19.0. The maximum absolute atomic E-state index is 2.64. The molecule has 0 unspecified atom stereocenters. The van der Waals surface area contributed by atoms with Crippen molar-refractivity contribution in [3.05, 3.63) is 212 Å². The van der Waals surface area contributed by atoms with Crippen molar-refractivity contribution >= 4 is 0 Å². The normalized spacial score (nSPS) is 21.7. The van der Waals surface area contributed by atoms with Crippen molar-refractivity contribution in [3.8, 4) is 0 Å². The molecule has 0 radical (unpaired) electrons. The molecule has 0 N–H and O–H groups in total. The van der Waals surface area contributed by atoms with Gasteiger partial charge < -0.3 is 0 Å². The van der Waals surface area contributed by atoms with Crippen molar-refractivity contribution < 1.29 is 0 Å². The number of hydrogen-bond donors (Lipinski definition) is 0. The zero-order valence-electron chi connectivity index (χ0n) is 30.1. The molecule has 16 bridgehead atoms. The molecule has 4 nitrogen and oxygen atoms in total. The average molecular weight is 681 g/mol. The van der Waals surface area contributed by atoms with Gasteiger partial charge >= 0.3 is 0 Å². The van der Waals surface area contributed by atoms with Gasteiger partial charge in [0, 0.05) is 78.5 Å². The fourth-order valence-electron chi connectivity index (χ4n) is 8.73. The topological polar surface area (TPSA) is 13.0 Å². The summed E-state index contributed by atoms with van der Waals surface area (Å²) < 4.78 is 0. The molecule has 4 heterocycles. The van der Waals surface area contributed by atoms with Crippen molar-refractivity contribution in [3.63, 3.8) is 0 Å². The van der Waals surface area contributed by atoms with Crippen LogP contribution in [-0.4, -0.2) is 19.6 Å². The zero-order valence-corrected chi connectivity index (χ0v) is 30.1. The van der Waals surface area contributed by atoms with E-state index in [2.05, 4.69) is 165 Å². The molecule has 0 spiro atoms. The van der Waals surface area contributed by atoms with Gasteiger partial charge in [0.25, 0.3) is 0 Å². The third-order valence-corrected chi connectivity index (χ3v) is 10.8. The Kier molecular flexibility index (Phi) is 9.54. The predicted molar refractivity (Wildman–Crippen MR) is 210 cm³/mol. The van der Waals surface area contributed by atoms with E-state index in [1.807, 2.05) is 0 Å². The molecule has 6 aromatic carbocycles. The molecule has 0 aromatic heterocycles. The fraction of sp³-hybridized carbons (Fsp3) is 0.250. The van der Waals surface area contributed by atoms with E-state index in [9.17, 15) is 0 Å². The first-order valence-electron chi connectivity index (χ1n) is 19.0. The van der Waals surface area contributed by atoms with Crippen LogP contribution in [0.3, 0.4) is 0 Å². The van der Waals surface area contributed by atoms with Gasteiger partial charge in [0.2, 0.25) is 0 Å². The van der Waals surface area contributed by atoms with Crippen LogP contribution in [0.2, 0.25) is 0 Å². The van der Waals surface area contributed by atoms with E-state index in [1.165, 1.54) is 66.8 Å². The van der Waals surface area contributed by atoms with Crippen LogP contribution >= 0.6 is 0 Å². The van der Waals surface area contributed by atoms with Crippen LogP contribution in [0.25, 0.3) is 0 Å². The third-order valence-electron chi connectivity index (χ3n) is 10.8. The molecule has 4 aliphatic rings. The smallest absolute Gasteiger partial charge is 0.0240 e. The van der Waals surface area contributed by atoms with Gasteiger partial charge in [0.05, 0.1) is 0 Å². The quantitative estimate of drug-likeness (QED) is 0.159. The lowest BCUT2D eigenvalue weighted by Crippen LogP contribution is -2.26. The van der Waals surface area contributed by atoms with Crippen LogP contribution in [0.15, 0.2) is 146 Å². The highest BCUT2D eigenvalue weighted by atomic mass is 15.1. The van der Waals surface area contributed by atoms with Gasteiger partial charge in [-0.2, -0.15) is 0 Å². The van der Waals surface area contributed by atoms with Gasteiger partial charge in [-0.25, -0.2) is 0 Å². The second kappa shape index (κ2) is 15.0. The minimum absolute atomic E-state index is 0.902. The number of benzene rings is 6. The Hall–Kier alpha value is -4.84. The summed E-state index contributed by atoms with van der Waals surface area (Å²) >= 11 is 0. The lowest BCUT2D eigenvalue weighted by atomic mass is 10.0. The Bertz CT molecular complexity index is 1640. The summed E-state index contributed by atoms with van der Waals surface area (Å²) in [4.78, 5) is 10.6. The highest BCUT2D eigenvalue weighted by Gasteiger charge is 2.18. The molecular weight excluding hydrogens is 633 g/mol. The van der Waals surface area contributed by atoms with E-state index in [0.29, 0.717) is 0 Å². The Morgan fingerprint density at radius 2 is 0.308 bits per heavy atom. The summed E-state index contributed by atoms with van der Waals surface area (Å²) in [7, 11) is 0. The molecule has 10 rings (SSSR count). The van der Waals surface area contributed by atoms with E-state index < -0.39 is 0 Å². The van der Waals surface area contributed by atoms with Crippen LogP contribution < -0.4 is 0 Å². The van der Waals surface area contributed by atoms with Crippen molar-refractivity contribution in [2.75, 3.05) is 0 Å². The Morgan fingerprint density at radius 1 is 0.192 bits per heavy atom. The van der Waals surface area contributed by atoms with Crippen LogP contribution in [0.4, 0.5) is 0 Å². The van der Waals surface area contributed by atoms with Gasteiger partial charge in [-0.3, -0.25) is 19.6 Å². The fourth-order valence-corrected chi connectivity index (χ4v) is 8.73. The molecule has 4 heteroatoms. The number of rotatable bonds is 0. The first-order chi connectivity index (χ1) is 25.6. The van der Waals surface area contributed by atoms with E-state index in [-0.39, 0.29) is 0 Å². The maximum atomic E-state index is 2.64. The first kappa shape index (κ1) is 33.0. The molecule has 0 amide bonds. The van der Waals surface area contributed by atoms with Gasteiger partial charge in [0.1, 0.15) is 0 Å². The second-order valence-electron chi connectivity index (χ2n) is 15.5. The summed E-state index contributed by atoms with van der Waals surface area (Å²) in [6.45, 7) is 10.8. The largest absolute Gasteiger partial charge is 0.291 e. The lowest BCUT2D eigenvalue weighted by molar-refractivity contribution is 0.235. The van der Waals surface area contributed by atoms with E-state index in [1.54, 1.807) is 0 Å². The van der Waals surface area contributed by atoms with E-state index in [4.69, 9.17) is 0 Å². The highest BCUT2D eigenvalue weighted by Crippen LogP contribution is 2.25. The summed E-state index contributed by atoms with van der Waals surface area (Å²) in [6, 6.07) is 56.2. The molecule has 0 atom stereocenters. The molecule has 260 valence electrons. The van der Waals surface area contributed by atoms with Crippen LogP contribution in [0, 0.1) is 0 Å². The van der Waals surface area contributed by atoms with Gasteiger partial charge in [0.15, 0.2) is 0 Å². The molecule has 0 fully saturated rings. The molecule has 52 heavy (non-hydrogen) atoms. The second-order valence-corrected chi connectivity index (χ2v) is 15.5. The highest BCUT2D eigenvalue weighted by molar-refractivity contribution is 5.32. The molecular formula is C48H48N4. The average Bonchev–Trinajstić information content (AvgIpc) is 3.11. The molecule has 0 aliphatic carbocycles. The predicted octanol–water partition coefficient (Wildman–Crippen LogP) is 9.44. The summed E-state index contributed by atoms with van der Waals surface area (Å²) in [6.07, 6.45) is 0. The summed E-state index contributed by atoms with van der Waals surface area (Å²) in [5.41, 5.74) is 16.5. The van der Waals surface area contributed by atoms with E-state index >= 15 is 0 Å². The Labute approximate surface area is 309 Å². The maximum Gasteiger partial charge on any atom is 0.0240 e. The third kappa shape index (κ3) is 8.28. The molecule has 0 saturated carbocycles. The SMILES string of the molecule is c1cc2cc(c1)CN1Cc3cccc(c3)CN3Cc4cccc(c4)CN(C2)Cc2cccc(c2)CN(Cc2cccc(c2)C1)Cc1cccc(c1)C3. The standard InChI is InChI=1S/C48H48N4/c1-7-37-19-38(8-1)26-50-29-41-11-4-14-44(22-41)32-51-31-43-13-2-9-39(20-43)27-49(25-37)28-40-10-3-15-45(21-40)33-52(34-46-16-5-12-42(23-46)30-50)36-48-18-6-17-47(24-48)35-51/h1-24H,25-36H2. The molecule has 4 aliphatic heterocycles. The molecule has 0 saturated heterocycles. The van der Waals surface area contributed by atoms with Crippen molar-refractivity contribution in [2.45, 2.75) is 78.5 Å². The van der Waals surface area contributed by atoms with Crippen molar-refractivity contribution in [2.24, 2.45) is 0 Å². The molecule has 6 aromatic rings. The lowest BCUT2D eigenvalue weighted by Gasteiger charge is -2.28. The summed E-state index contributed by atoms with van der Waals surface area (Å²) in [5.74, 6) is 0. The minimum Gasteiger partial charge on any atom is -0.291 e. The van der Waals surface area contributed by atoms with Crippen molar-refractivity contribution in [1.29, 1.82) is 0 Å². The van der Waals surface area contributed by atoms with Gasteiger partial charge in [-0.1, -0.05) is 146 Å². The number of nitrogens with zero attached hydrogens (tertiary/aromatic N) is 4. The van der Waals surface area contributed by atoms with Crippen LogP contribution in [0.5, 0.6) is 0 Å². The van der Waals surface area contributed by atoms with Crippen LogP contribution in [0.1, 0.15) is 66.8 Å². The van der Waals surface area contributed by atoms with Gasteiger partial charge in [-0.05, 0) is 66.8 Å². The van der Waals surface area contributed by atoms with Gasteiger partial charge in [-0.15, -0.1) is 0 Å². The van der Waals surface area contributed by atoms with E-state index in [0.717, 1.165) is 78.5 Å². The van der Waals surface area contributed by atoms with Crippen molar-refractivity contribution in [1.82, 2.24) is 19.6 Å². The summed E-state index contributed by atoms with van der Waals surface area (Å²) in [5, 5.41) is 0. The Morgan fingerprint density at radius 3 is 0.423 bits per heavy atom. The monoisotopic (exact) mass is 680 g/mol. The van der Waals surface area contributed by atoms with Crippen LogP contribution in [-0.2, 0) is 78.5 Å². The number of hydrogen-bond acceptors (Lipinski definition) is 4. The zero-order chi connectivity index (χ0) is 34.7. The Balaban J connectivity index is 1.24.